The normalized spacial score (nSPS) is 24.7. The summed E-state index contributed by atoms with van der Waals surface area (Å²) in [6.45, 7) is 14.3. The van der Waals surface area contributed by atoms with Crippen molar-refractivity contribution in [2.45, 2.75) is 114 Å². The summed E-state index contributed by atoms with van der Waals surface area (Å²) in [6, 6.07) is 5.57. The number of hydrogen-bond donors (Lipinski definition) is 3. The first-order valence-electron chi connectivity index (χ1n) is 16.4. The first-order valence-corrected chi connectivity index (χ1v) is 17.9. The van der Waals surface area contributed by atoms with Crippen LogP contribution in [0, 0.1) is 5.92 Å². The van der Waals surface area contributed by atoms with Gasteiger partial charge in [0.15, 0.2) is 0 Å². The number of amides is 6. The van der Waals surface area contributed by atoms with Crippen LogP contribution in [0.4, 0.5) is 14.4 Å². The fourth-order valence-electron chi connectivity index (χ4n) is 6.06. The molecule has 2 unspecified atom stereocenters. The molecule has 0 radical (unpaired) electrons. The molecule has 2 aliphatic carbocycles. The molecule has 16 heteroatoms. The summed E-state index contributed by atoms with van der Waals surface area (Å²) in [6.07, 6.45) is -0.104. The lowest BCUT2D eigenvalue weighted by Gasteiger charge is -2.39. The molecule has 2 saturated carbocycles. The van der Waals surface area contributed by atoms with Crippen molar-refractivity contribution < 1.29 is 41.9 Å². The van der Waals surface area contributed by atoms with Crippen LogP contribution in [0.1, 0.15) is 78.4 Å². The summed E-state index contributed by atoms with van der Waals surface area (Å²) >= 11 is 0. The Bertz CT molecular complexity index is 1620. The van der Waals surface area contributed by atoms with E-state index in [0.717, 1.165) is 16.1 Å². The number of fused-ring (bicyclic) bond motifs is 1. The van der Waals surface area contributed by atoms with Gasteiger partial charge in [-0.05, 0) is 71.9 Å². The molecule has 5 rings (SSSR count). The summed E-state index contributed by atoms with van der Waals surface area (Å²) in [4.78, 5) is 70.4. The Morgan fingerprint density at radius 2 is 1.63 bits per heavy atom. The van der Waals surface area contributed by atoms with Crippen LogP contribution in [0.15, 0.2) is 36.9 Å². The first kappa shape index (κ1) is 36.0. The lowest BCUT2D eigenvalue weighted by Crippen LogP contribution is -2.63. The van der Waals surface area contributed by atoms with Crippen LogP contribution in [0.2, 0.25) is 0 Å². The lowest BCUT2D eigenvalue weighted by atomic mass is 10.1. The second-order valence-electron chi connectivity index (χ2n) is 15.1. The molecule has 0 spiro atoms. The molecule has 1 aromatic carbocycles. The van der Waals surface area contributed by atoms with Gasteiger partial charge < -0.3 is 19.7 Å². The van der Waals surface area contributed by atoms with Crippen LogP contribution in [0.3, 0.4) is 0 Å². The van der Waals surface area contributed by atoms with Crippen LogP contribution in [-0.4, -0.2) is 93.9 Å². The van der Waals surface area contributed by atoms with Crippen molar-refractivity contribution in [3.05, 3.63) is 48.0 Å². The number of ether oxygens (including phenoxy) is 2. The van der Waals surface area contributed by atoms with Crippen molar-refractivity contribution in [1.29, 1.82) is 0 Å². The molecule has 3 fully saturated rings. The second kappa shape index (κ2) is 12.8. The van der Waals surface area contributed by atoms with E-state index in [9.17, 15) is 32.4 Å². The van der Waals surface area contributed by atoms with Gasteiger partial charge in [-0.2, -0.15) is 0 Å². The SMILES string of the molecule is C=C[C@@H]1CC1(NC(=O)[C@@H]1CC(OC(=O)N2Cc3ccccc3C2)CN1C(=O)N(NC(=O)OC(C)(C)C)C(C)(C)C)C(=O)NS(=O)(=O)C1CC1. The molecule has 268 valence electrons. The Morgan fingerprint density at radius 1 is 1.02 bits per heavy atom. The molecule has 1 aromatic rings. The highest BCUT2D eigenvalue weighted by molar-refractivity contribution is 7.91. The molecule has 2 aliphatic heterocycles. The zero-order valence-electron chi connectivity index (χ0n) is 28.8. The van der Waals surface area contributed by atoms with E-state index < -0.39 is 80.0 Å². The van der Waals surface area contributed by atoms with Gasteiger partial charge in [0.2, 0.25) is 15.9 Å². The van der Waals surface area contributed by atoms with Crippen LogP contribution in [-0.2, 0) is 42.2 Å². The van der Waals surface area contributed by atoms with Gasteiger partial charge in [0, 0.05) is 25.4 Å². The molecular formula is C33H46N6O9S. The summed E-state index contributed by atoms with van der Waals surface area (Å²) < 4.78 is 38.5. The first-order chi connectivity index (χ1) is 22.7. The van der Waals surface area contributed by atoms with E-state index in [-0.39, 0.29) is 19.4 Å². The molecule has 4 atom stereocenters. The highest BCUT2D eigenvalue weighted by Gasteiger charge is 2.62. The second-order valence-corrected chi connectivity index (χ2v) is 17.1. The number of nitrogens with zero attached hydrogens (tertiary/aromatic N) is 3. The van der Waals surface area contributed by atoms with Gasteiger partial charge in [0.1, 0.15) is 23.3 Å². The quantitative estimate of drug-likeness (QED) is 0.284. The zero-order chi connectivity index (χ0) is 36.1. The van der Waals surface area contributed by atoms with Crippen molar-refractivity contribution in [2.24, 2.45) is 5.92 Å². The smallest absolute Gasteiger partial charge is 0.426 e. The monoisotopic (exact) mass is 702 g/mol. The fraction of sp³-hybridized carbons (Fsp3) is 0.606. The Morgan fingerprint density at radius 3 is 2.14 bits per heavy atom. The summed E-state index contributed by atoms with van der Waals surface area (Å²) in [7, 11) is -3.91. The van der Waals surface area contributed by atoms with Crippen LogP contribution >= 0.6 is 0 Å². The lowest BCUT2D eigenvalue weighted by molar-refractivity contribution is -0.131. The average molecular weight is 703 g/mol. The third kappa shape index (κ3) is 7.94. The van der Waals surface area contributed by atoms with Crippen molar-refractivity contribution in [2.75, 3.05) is 6.54 Å². The average Bonchev–Trinajstić information content (AvgIpc) is 3.88. The number of hydrazine groups is 1. The number of benzene rings is 1. The number of urea groups is 1. The zero-order valence-corrected chi connectivity index (χ0v) is 29.6. The van der Waals surface area contributed by atoms with Crippen molar-refractivity contribution in [3.8, 4) is 0 Å². The molecule has 0 aromatic heterocycles. The van der Waals surface area contributed by atoms with E-state index >= 15 is 0 Å². The van der Waals surface area contributed by atoms with Crippen LogP contribution in [0.5, 0.6) is 0 Å². The van der Waals surface area contributed by atoms with Gasteiger partial charge in [0.05, 0.1) is 17.3 Å². The molecular weight excluding hydrogens is 656 g/mol. The number of carbonyl (C=O) groups excluding carboxylic acids is 5. The van der Waals surface area contributed by atoms with Gasteiger partial charge in [-0.15, -0.1) is 6.58 Å². The molecule has 0 bridgehead atoms. The number of likely N-dealkylation sites (tertiary alicyclic amines) is 1. The van der Waals surface area contributed by atoms with Crippen molar-refractivity contribution in [1.82, 2.24) is 30.3 Å². The predicted molar refractivity (Wildman–Crippen MR) is 177 cm³/mol. The van der Waals surface area contributed by atoms with Gasteiger partial charge in [-0.1, -0.05) is 30.3 Å². The van der Waals surface area contributed by atoms with Crippen molar-refractivity contribution in [3.63, 3.8) is 0 Å². The minimum atomic E-state index is -3.91. The minimum Gasteiger partial charge on any atom is -0.444 e. The summed E-state index contributed by atoms with van der Waals surface area (Å²) in [5.41, 5.74) is 0.998. The molecule has 15 nitrogen and oxygen atoms in total. The van der Waals surface area contributed by atoms with Crippen LogP contribution < -0.4 is 15.5 Å². The highest BCUT2D eigenvalue weighted by atomic mass is 32.2. The van der Waals surface area contributed by atoms with E-state index in [1.54, 1.807) is 41.5 Å². The predicted octanol–water partition coefficient (Wildman–Crippen LogP) is 2.91. The number of hydrogen-bond acceptors (Lipinski definition) is 9. The van der Waals surface area contributed by atoms with Crippen LogP contribution in [0.25, 0.3) is 0 Å². The van der Waals surface area contributed by atoms with Gasteiger partial charge in [-0.25, -0.2) is 33.2 Å². The number of carbonyl (C=O) groups is 5. The minimum absolute atomic E-state index is 0.108. The number of sulfonamides is 1. The Balaban J connectivity index is 1.37. The third-order valence-electron chi connectivity index (χ3n) is 8.89. The highest BCUT2D eigenvalue weighted by Crippen LogP contribution is 2.45. The third-order valence-corrected chi connectivity index (χ3v) is 10.7. The Kier molecular flexibility index (Phi) is 9.42. The fourth-order valence-corrected chi connectivity index (χ4v) is 7.43. The van der Waals surface area contributed by atoms with E-state index in [1.807, 2.05) is 24.3 Å². The summed E-state index contributed by atoms with van der Waals surface area (Å²) in [5.74, 6) is -2.19. The van der Waals surface area contributed by atoms with E-state index in [1.165, 1.54) is 15.9 Å². The molecule has 6 amide bonds. The maximum Gasteiger partial charge on any atom is 0.426 e. The largest absolute Gasteiger partial charge is 0.444 e. The molecule has 49 heavy (non-hydrogen) atoms. The maximum absolute atomic E-state index is 14.2. The summed E-state index contributed by atoms with van der Waals surface area (Å²) in [5, 5.41) is 3.08. The number of nitrogens with one attached hydrogen (secondary N) is 3. The number of rotatable bonds is 7. The van der Waals surface area contributed by atoms with Gasteiger partial charge >= 0.3 is 18.2 Å². The van der Waals surface area contributed by atoms with E-state index in [4.69, 9.17) is 9.47 Å². The standard InChI is InChI=1S/C33H46N6O9S/c1-8-22-16-33(22,27(41)36-49(45,46)24-13-14-24)34-26(40)25-15-23(47-30(44)37-17-20-11-9-10-12-21(20)18-37)19-38(25)29(43)39(31(2,3)4)35-28(42)48-32(5,6)7/h8-12,22-25H,1,13-19H2,2-7H3,(H,34,40)(H,35,42)(H,36,41)/t22-,23?,25+,33?/m1/s1. The molecule has 2 heterocycles. The van der Waals surface area contributed by atoms with Gasteiger partial charge in [-0.3, -0.25) is 19.2 Å². The van der Waals surface area contributed by atoms with Crippen molar-refractivity contribution >= 4 is 40.1 Å². The Labute approximate surface area is 286 Å². The molecule has 1 saturated heterocycles. The van der Waals surface area contributed by atoms with E-state index in [0.29, 0.717) is 25.9 Å². The van der Waals surface area contributed by atoms with E-state index in [2.05, 4.69) is 22.0 Å². The Hall–Kier alpha value is -4.34. The molecule has 3 N–H and O–H groups in total. The molecule has 4 aliphatic rings. The maximum atomic E-state index is 14.2. The van der Waals surface area contributed by atoms with Gasteiger partial charge in [0.25, 0.3) is 5.91 Å². The topological polar surface area (TPSA) is 184 Å².